The van der Waals surface area contributed by atoms with Crippen molar-refractivity contribution in [2.45, 2.75) is 59.7 Å². The van der Waals surface area contributed by atoms with Gasteiger partial charge in [-0.1, -0.05) is 6.07 Å². The molecule has 3 heteroatoms. The van der Waals surface area contributed by atoms with Crippen molar-refractivity contribution in [2.24, 2.45) is 0 Å². The fraction of sp³-hybridized carbons (Fsp3) is 0.667. The highest BCUT2D eigenvalue weighted by atomic mass is 16.5. The first-order valence-electron chi connectivity index (χ1n) is 7.84. The molecular formula is C18H32N2O. The van der Waals surface area contributed by atoms with Crippen LogP contribution >= 0.6 is 0 Å². The number of methoxy groups -OCH3 is 1. The number of hydrogen-bond donors (Lipinski definition) is 1. The Morgan fingerprint density at radius 1 is 1.24 bits per heavy atom. The van der Waals surface area contributed by atoms with Crippen LogP contribution in [0.3, 0.4) is 0 Å². The van der Waals surface area contributed by atoms with Gasteiger partial charge in [0.15, 0.2) is 0 Å². The summed E-state index contributed by atoms with van der Waals surface area (Å²) < 4.78 is 5.22. The lowest BCUT2D eigenvalue weighted by molar-refractivity contribution is 0.204. The lowest BCUT2D eigenvalue weighted by Gasteiger charge is -2.29. The number of rotatable bonds is 7. The van der Waals surface area contributed by atoms with Crippen molar-refractivity contribution < 1.29 is 4.74 Å². The van der Waals surface area contributed by atoms with Gasteiger partial charge in [-0.15, -0.1) is 0 Å². The van der Waals surface area contributed by atoms with E-state index in [0.29, 0.717) is 6.04 Å². The Labute approximate surface area is 130 Å². The van der Waals surface area contributed by atoms with Crippen LogP contribution in [-0.4, -0.2) is 31.8 Å². The Hall–Kier alpha value is -1.06. The Bertz CT molecular complexity index is 435. The van der Waals surface area contributed by atoms with E-state index in [1.165, 1.54) is 16.8 Å². The van der Waals surface area contributed by atoms with Gasteiger partial charge in [-0.05, 0) is 64.8 Å². The molecule has 3 nitrogen and oxygen atoms in total. The van der Waals surface area contributed by atoms with Crippen LogP contribution in [0.25, 0.3) is 0 Å². The first kappa shape index (κ1) is 18.0. The molecule has 1 N–H and O–H groups in total. The molecule has 1 rings (SSSR count). The molecule has 0 radical (unpaired) electrons. The predicted molar refractivity (Wildman–Crippen MR) is 92.1 cm³/mol. The van der Waals surface area contributed by atoms with E-state index in [0.717, 1.165) is 19.7 Å². The van der Waals surface area contributed by atoms with Gasteiger partial charge in [0.1, 0.15) is 0 Å². The summed E-state index contributed by atoms with van der Waals surface area (Å²) >= 11 is 0. The van der Waals surface area contributed by atoms with E-state index in [-0.39, 0.29) is 5.54 Å². The van der Waals surface area contributed by atoms with Crippen LogP contribution in [0, 0.1) is 6.92 Å². The Balaban J connectivity index is 2.84. The number of ether oxygens (including phenoxy) is 1. The second-order valence-electron chi connectivity index (χ2n) is 6.99. The molecule has 0 saturated heterocycles. The lowest BCUT2D eigenvalue weighted by Crippen LogP contribution is -2.35. The zero-order valence-corrected chi connectivity index (χ0v) is 14.8. The normalized spacial score (nSPS) is 12.0. The molecule has 0 spiro atoms. The molecule has 0 aromatic heterocycles. The topological polar surface area (TPSA) is 24.5 Å². The van der Waals surface area contributed by atoms with Crippen LogP contribution in [0.15, 0.2) is 18.2 Å². The van der Waals surface area contributed by atoms with Gasteiger partial charge in [0.25, 0.3) is 0 Å². The molecule has 0 atom stereocenters. The third kappa shape index (κ3) is 6.06. The highest BCUT2D eigenvalue weighted by molar-refractivity contribution is 5.51. The van der Waals surface area contributed by atoms with Crippen molar-refractivity contribution in [1.82, 2.24) is 5.32 Å². The van der Waals surface area contributed by atoms with Crippen LogP contribution < -0.4 is 10.2 Å². The molecule has 0 bridgehead atoms. The third-order valence-electron chi connectivity index (χ3n) is 3.63. The standard InChI is InChI=1S/C18H32N2O/c1-14(2)20(10-11-21-7)17-9-8-16(15(3)12-17)13-19-18(4,5)6/h8-9,12,14,19H,10-11,13H2,1-7H3. The van der Waals surface area contributed by atoms with Crippen LogP contribution in [-0.2, 0) is 11.3 Å². The van der Waals surface area contributed by atoms with Crippen LogP contribution in [0.1, 0.15) is 45.7 Å². The van der Waals surface area contributed by atoms with E-state index in [2.05, 4.69) is 70.0 Å². The number of benzene rings is 1. The van der Waals surface area contributed by atoms with Gasteiger partial charge in [0.2, 0.25) is 0 Å². The second kappa shape index (κ2) is 7.81. The first-order chi connectivity index (χ1) is 9.74. The van der Waals surface area contributed by atoms with E-state index in [9.17, 15) is 0 Å². The molecule has 0 amide bonds. The molecule has 1 aromatic carbocycles. The SMILES string of the molecule is COCCN(c1ccc(CNC(C)(C)C)c(C)c1)C(C)C. The van der Waals surface area contributed by atoms with Crippen molar-refractivity contribution in [2.75, 3.05) is 25.2 Å². The summed E-state index contributed by atoms with van der Waals surface area (Å²) in [6.45, 7) is 15.8. The summed E-state index contributed by atoms with van der Waals surface area (Å²) in [4.78, 5) is 2.39. The van der Waals surface area contributed by atoms with E-state index in [4.69, 9.17) is 4.74 Å². The summed E-state index contributed by atoms with van der Waals surface area (Å²) in [7, 11) is 1.75. The minimum atomic E-state index is 0.146. The van der Waals surface area contributed by atoms with Crippen LogP contribution in [0.5, 0.6) is 0 Å². The molecule has 0 unspecified atom stereocenters. The number of anilines is 1. The Morgan fingerprint density at radius 3 is 2.38 bits per heavy atom. The lowest BCUT2D eigenvalue weighted by atomic mass is 10.0. The quantitative estimate of drug-likeness (QED) is 0.828. The van der Waals surface area contributed by atoms with Crippen LogP contribution in [0.4, 0.5) is 5.69 Å². The van der Waals surface area contributed by atoms with E-state index in [1.807, 2.05) is 0 Å². The Kier molecular flexibility index (Phi) is 6.69. The number of aryl methyl sites for hydroxylation is 1. The van der Waals surface area contributed by atoms with Crippen LogP contribution in [0.2, 0.25) is 0 Å². The van der Waals surface area contributed by atoms with Crippen molar-refractivity contribution >= 4 is 5.69 Å². The molecule has 0 fully saturated rings. The molecule has 1 aromatic rings. The van der Waals surface area contributed by atoms with Gasteiger partial charge < -0.3 is 15.0 Å². The monoisotopic (exact) mass is 292 g/mol. The molecule has 0 saturated carbocycles. The fourth-order valence-electron chi connectivity index (χ4n) is 2.29. The average molecular weight is 292 g/mol. The van der Waals surface area contributed by atoms with E-state index >= 15 is 0 Å². The fourth-order valence-corrected chi connectivity index (χ4v) is 2.29. The average Bonchev–Trinajstić information content (AvgIpc) is 2.36. The zero-order chi connectivity index (χ0) is 16.0. The maximum absolute atomic E-state index is 5.22. The van der Waals surface area contributed by atoms with Crippen molar-refractivity contribution in [3.05, 3.63) is 29.3 Å². The van der Waals surface area contributed by atoms with Gasteiger partial charge in [-0.3, -0.25) is 0 Å². The maximum atomic E-state index is 5.22. The molecular weight excluding hydrogens is 260 g/mol. The maximum Gasteiger partial charge on any atom is 0.0637 e. The van der Waals surface area contributed by atoms with Gasteiger partial charge in [-0.2, -0.15) is 0 Å². The molecule has 0 aliphatic heterocycles. The summed E-state index contributed by atoms with van der Waals surface area (Å²) in [6, 6.07) is 7.22. The molecule has 0 aliphatic rings. The zero-order valence-electron chi connectivity index (χ0n) is 14.8. The summed E-state index contributed by atoms with van der Waals surface area (Å²) in [6.07, 6.45) is 0. The molecule has 0 heterocycles. The number of hydrogen-bond acceptors (Lipinski definition) is 3. The highest BCUT2D eigenvalue weighted by Gasteiger charge is 2.13. The predicted octanol–water partition coefficient (Wildman–Crippen LogP) is 3.74. The number of nitrogens with one attached hydrogen (secondary N) is 1. The van der Waals surface area contributed by atoms with E-state index < -0.39 is 0 Å². The van der Waals surface area contributed by atoms with Gasteiger partial charge in [0.05, 0.1) is 6.61 Å². The Morgan fingerprint density at radius 2 is 1.90 bits per heavy atom. The molecule has 120 valence electrons. The minimum absolute atomic E-state index is 0.146. The van der Waals surface area contributed by atoms with Crippen molar-refractivity contribution in [3.8, 4) is 0 Å². The summed E-state index contributed by atoms with van der Waals surface area (Å²) in [5.74, 6) is 0. The van der Waals surface area contributed by atoms with E-state index in [1.54, 1.807) is 7.11 Å². The molecule has 21 heavy (non-hydrogen) atoms. The summed E-state index contributed by atoms with van der Waals surface area (Å²) in [5, 5.41) is 3.55. The van der Waals surface area contributed by atoms with Crippen molar-refractivity contribution in [3.63, 3.8) is 0 Å². The second-order valence-corrected chi connectivity index (χ2v) is 6.99. The van der Waals surface area contributed by atoms with Gasteiger partial charge in [-0.25, -0.2) is 0 Å². The van der Waals surface area contributed by atoms with Crippen molar-refractivity contribution in [1.29, 1.82) is 0 Å². The largest absolute Gasteiger partial charge is 0.383 e. The first-order valence-corrected chi connectivity index (χ1v) is 7.84. The van der Waals surface area contributed by atoms with Gasteiger partial charge in [0, 0.05) is 37.5 Å². The minimum Gasteiger partial charge on any atom is -0.383 e. The highest BCUT2D eigenvalue weighted by Crippen LogP contribution is 2.21. The van der Waals surface area contributed by atoms with Gasteiger partial charge >= 0.3 is 0 Å². The smallest absolute Gasteiger partial charge is 0.0637 e. The summed E-state index contributed by atoms with van der Waals surface area (Å²) in [5.41, 5.74) is 4.13. The number of nitrogens with zero attached hydrogens (tertiary/aromatic N) is 1. The third-order valence-corrected chi connectivity index (χ3v) is 3.63. The molecule has 0 aliphatic carbocycles.